The van der Waals surface area contributed by atoms with Crippen molar-refractivity contribution in [2.75, 3.05) is 25.6 Å². The van der Waals surface area contributed by atoms with Crippen LogP contribution in [0.25, 0.3) is 0 Å². The third-order valence-corrected chi connectivity index (χ3v) is 3.56. The fraction of sp³-hybridized carbons (Fsp3) is 1.00. The predicted octanol–water partition coefficient (Wildman–Crippen LogP) is 2.58. The summed E-state index contributed by atoms with van der Waals surface area (Å²) in [6, 6.07) is 1.08. The zero-order chi connectivity index (χ0) is 11.7. The van der Waals surface area contributed by atoms with E-state index >= 15 is 0 Å². The monoisotopic (exact) mass is 232 g/mol. The fourth-order valence-corrected chi connectivity index (χ4v) is 2.13. The number of hydrogen-bond donors (Lipinski definition) is 1. The van der Waals surface area contributed by atoms with Crippen molar-refractivity contribution in [3.05, 3.63) is 0 Å². The molecule has 0 amide bonds. The molecule has 0 radical (unpaired) electrons. The van der Waals surface area contributed by atoms with Gasteiger partial charge in [0.2, 0.25) is 0 Å². The van der Waals surface area contributed by atoms with Crippen LogP contribution in [0.15, 0.2) is 0 Å². The SMILES string of the molecule is CSCCC(C)N(C)CCCCC(C)N. The first-order chi connectivity index (χ1) is 7.07. The summed E-state index contributed by atoms with van der Waals surface area (Å²) in [5.74, 6) is 1.27. The molecule has 0 saturated heterocycles. The molecule has 15 heavy (non-hydrogen) atoms. The van der Waals surface area contributed by atoms with Gasteiger partial charge >= 0.3 is 0 Å². The van der Waals surface area contributed by atoms with Gasteiger partial charge in [0.05, 0.1) is 0 Å². The molecule has 0 bridgehead atoms. The van der Waals surface area contributed by atoms with Crippen molar-refractivity contribution >= 4 is 11.8 Å². The van der Waals surface area contributed by atoms with Gasteiger partial charge in [0.25, 0.3) is 0 Å². The first-order valence-corrected chi connectivity index (χ1v) is 7.42. The second kappa shape index (κ2) is 9.49. The van der Waals surface area contributed by atoms with Gasteiger partial charge in [0.15, 0.2) is 0 Å². The van der Waals surface area contributed by atoms with E-state index in [1.165, 1.54) is 31.6 Å². The van der Waals surface area contributed by atoms with E-state index < -0.39 is 0 Å². The smallest absolute Gasteiger partial charge is 0.00717 e. The molecular formula is C12H28N2S. The van der Waals surface area contributed by atoms with Crippen LogP contribution in [0.5, 0.6) is 0 Å². The van der Waals surface area contributed by atoms with E-state index in [1.54, 1.807) is 0 Å². The largest absolute Gasteiger partial charge is 0.328 e. The van der Waals surface area contributed by atoms with E-state index in [0.717, 1.165) is 6.42 Å². The molecule has 2 nitrogen and oxygen atoms in total. The minimum atomic E-state index is 0.365. The van der Waals surface area contributed by atoms with Gasteiger partial charge in [-0.25, -0.2) is 0 Å². The molecule has 0 spiro atoms. The summed E-state index contributed by atoms with van der Waals surface area (Å²) in [6.07, 6.45) is 7.17. The molecule has 0 aliphatic rings. The summed E-state index contributed by atoms with van der Waals surface area (Å²) >= 11 is 1.94. The standard InChI is InChI=1S/C12H28N2S/c1-11(13)7-5-6-9-14(3)12(2)8-10-15-4/h11-12H,5-10,13H2,1-4H3. The van der Waals surface area contributed by atoms with Crippen molar-refractivity contribution in [3.63, 3.8) is 0 Å². The lowest BCUT2D eigenvalue weighted by Crippen LogP contribution is -2.30. The second-order valence-corrected chi connectivity index (χ2v) is 5.57. The molecule has 0 aliphatic heterocycles. The van der Waals surface area contributed by atoms with Crippen LogP contribution in [0.2, 0.25) is 0 Å². The highest BCUT2D eigenvalue weighted by molar-refractivity contribution is 7.98. The van der Waals surface area contributed by atoms with Crippen LogP contribution >= 0.6 is 11.8 Å². The highest BCUT2D eigenvalue weighted by Crippen LogP contribution is 2.08. The van der Waals surface area contributed by atoms with Crippen LogP contribution in [0.1, 0.15) is 39.5 Å². The third-order valence-electron chi connectivity index (χ3n) is 2.91. The number of rotatable bonds is 9. The predicted molar refractivity (Wildman–Crippen MR) is 72.6 cm³/mol. The molecule has 0 saturated carbocycles. The Morgan fingerprint density at radius 1 is 1.20 bits per heavy atom. The number of thioether (sulfide) groups is 1. The Bertz CT molecular complexity index is 140. The zero-order valence-electron chi connectivity index (χ0n) is 10.8. The molecule has 0 aliphatic carbocycles. The summed E-state index contributed by atoms with van der Waals surface area (Å²) in [5, 5.41) is 0. The summed E-state index contributed by atoms with van der Waals surface area (Å²) in [4.78, 5) is 2.47. The fourth-order valence-electron chi connectivity index (χ4n) is 1.56. The highest BCUT2D eigenvalue weighted by atomic mass is 32.2. The van der Waals surface area contributed by atoms with Gasteiger partial charge < -0.3 is 10.6 Å². The molecule has 3 heteroatoms. The molecule has 0 aromatic rings. The minimum absolute atomic E-state index is 0.365. The molecule has 2 atom stereocenters. The molecule has 0 rings (SSSR count). The van der Waals surface area contributed by atoms with Crippen molar-refractivity contribution in [1.29, 1.82) is 0 Å². The van der Waals surface area contributed by atoms with Gasteiger partial charge in [0.1, 0.15) is 0 Å². The van der Waals surface area contributed by atoms with Crippen molar-refractivity contribution in [2.45, 2.75) is 51.6 Å². The van der Waals surface area contributed by atoms with E-state index in [-0.39, 0.29) is 0 Å². The molecule has 0 fully saturated rings. The number of nitrogens with two attached hydrogens (primary N) is 1. The minimum Gasteiger partial charge on any atom is -0.328 e. The molecule has 0 aromatic heterocycles. The van der Waals surface area contributed by atoms with E-state index in [2.05, 4.69) is 32.1 Å². The summed E-state index contributed by atoms with van der Waals surface area (Å²) in [5.41, 5.74) is 5.72. The molecule has 0 heterocycles. The maximum Gasteiger partial charge on any atom is 0.00717 e. The lowest BCUT2D eigenvalue weighted by atomic mass is 10.1. The Labute approximate surface area is 100.0 Å². The van der Waals surface area contributed by atoms with Gasteiger partial charge in [-0.05, 0) is 58.7 Å². The van der Waals surface area contributed by atoms with Gasteiger partial charge in [0, 0.05) is 12.1 Å². The zero-order valence-corrected chi connectivity index (χ0v) is 11.6. The highest BCUT2D eigenvalue weighted by Gasteiger charge is 2.07. The van der Waals surface area contributed by atoms with Crippen molar-refractivity contribution in [1.82, 2.24) is 4.90 Å². The Morgan fingerprint density at radius 2 is 1.87 bits per heavy atom. The van der Waals surface area contributed by atoms with Crippen LogP contribution < -0.4 is 5.73 Å². The molecule has 0 aromatic carbocycles. The molecule has 92 valence electrons. The molecular weight excluding hydrogens is 204 g/mol. The average Bonchev–Trinajstić information content (AvgIpc) is 2.20. The number of unbranched alkanes of at least 4 members (excludes halogenated alkanes) is 1. The summed E-state index contributed by atoms with van der Waals surface area (Å²) < 4.78 is 0. The topological polar surface area (TPSA) is 29.3 Å². The average molecular weight is 232 g/mol. The third kappa shape index (κ3) is 9.21. The molecule has 2 unspecified atom stereocenters. The van der Waals surface area contributed by atoms with Crippen LogP contribution in [0.3, 0.4) is 0 Å². The maximum atomic E-state index is 5.72. The summed E-state index contributed by atoms with van der Waals surface area (Å²) in [6.45, 7) is 5.62. The normalized spacial score (nSPS) is 15.6. The van der Waals surface area contributed by atoms with E-state index in [4.69, 9.17) is 5.73 Å². The van der Waals surface area contributed by atoms with Gasteiger partial charge in [-0.3, -0.25) is 0 Å². The second-order valence-electron chi connectivity index (χ2n) is 4.58. The van der Waals surface area contributed by atoms with E-state index in [9.17, 15) is 0 Å². The number of hydrogen-bond acceptors (Lipinski definition) is 3. The van der Waals surface area contributed by atoms with Crippen LogP contribution in [-0.2, 0) is 0 Å². The van der Waals surface area contributed by atoms with Crippen molar-refractivity contribution in [2.24, 2.45) is 5.73 Å². The summed E-state index contributed by atoms with van der Waals surface area (Å²) in [7, 11) is 2.23. The first-order valence-electron chi connectivity index (χ1n) is 6.02. The lowest BCUT2D eigenvalue weighted by molar-refractivity contribution is 0.247. The van der Waals surface area contributed by atoms with E-state index in [0.29, 0.717) is 12.1 Å². The molecule has 2 N–H and O–H groups in total. The first kappa shape index (κ1) is 15.3. The Kier molecular flexibility index (Phi) is 9.66. The lowest BCUT2D eigenvalue weighted by Gasteiger charge is -2.24. The van der Waals surface area contributed by atoms with Crippen LogP contribution in [0.4, 0.5) is 0 Å². The quantitative estimate of drug-likeness (QED) is 0.620. The number of nitrogens with zero attached hydrogens (tertiary/aromatic N) is 1. The van der Waals surface area contributed by atoms with Crippen LogP contribution in [0, 0.1) is 0 Å². The van der Waals surface area contributed by atoms with Crippen molar-refractivity contribution < 1.29 is 0 Å². The van der Waals surface area contributed by atoms with E-state index in [1.807, 2.05) is 11.8 Å². The van der Waals surface area contributed by atoms with Gasteiger partial charge in [-0.15, -0.1) is 0 Å². The Morgan fingerprint density at radius 3 is 2.40 bits per heavy atom. The Hall–Kier alpha value is 0.270. The van der Waals surface area contributed by atoms with Gasteiger partial charge in [-0.2, -0.15) is 11.8 Å². The van der Waals surface area contributed by atoms with Crippen molar-refractivity contribution in [3.8, 4) is 0 Å². The van der Waals surface area contributed by atoms with Crippen LogP contribution in [-0.4, -0.2) is 42.6 Å². The Balaban J connectivity index is 3.42. The van der Waals surface area contributed by atoms with Gasteiger partial charge in [-0.1, -0.05) is 6.42 Å². The maximum absolute atomic E-state index is 5.72.